The zero-order chi connectivity index (χ0) is 29.3. The number of benzene rings is 2. The lowest BCUT2D eigenvalue weighted by Gasteiger charge is -2.26. The van der Waals surface area contributed by atoms with Gasteiger partial charge < -0.3 is 10.1 Å². The Morgan fingerprint density at radius 1 is 0.952 bits per heavy atom. The number of nitrogens with one attached hydrogen (secondary N) is 1. The molecule has 1 N–H and O–H groups in total. The van der Waals surface area contributed by atoms with E-state index in [1.165, 1.54) is 17.7 Å². The minimum Gasteiger partial charge on any atom is -0.379 e. The molecule has 0 bridgehead atoms. The van der Waals surface area contributed by atoms with Crippen LogP contribution >= 0.6 is 0 Å². The molecule has 0 aliphatic carbocycles. The van der Waals surface area contributed by atoms with Crippen LogP contribution in [0.15, 0.2) is 85.2 Å². The Hall–Kier alpha value is -4.58. The molecule has 214 valence electrons. The first kappa shape index (κ1) is 28.9. The van der Waals surface area contributed by atoms with Crippen molar-refractivity contribution in [3.05, 3.63) is 102 Å². The van der Waals surface area contributed by atoms with Crippen molar-refractivity contribution in [1.82, 2.24) is 24.3 Å². The summed E-state index contributed by atoms with van der Waals surface area (Å²) in [5.41, 5.74) is 6.29. The molecular formula is C34H35FN6O. The predicted molar refractivity (Wildman–Crippen MR) is 165 cm³/mol. The summed E-state index contributed by atoms with van der Waals surface area (Å²) in [4.78, 5) is 16.7. The lowest BCUT2D eigenvalue weighted by Crippen LogP contribution is -2.35. The average molecular weight is 563 g/mol. The second-order valence-corrected chi connectivity index (χ2v) is 10.0. The van der Waals surface area contributed by atoms with Crippen molar-refractivity contribution in [2.24, 2.45) is 0 Å². The third-order valence-electron chi connectivity index (χ3n) is 7.11. The molecule has 5 aromatic rings. The lowest BCUT2D eigenvalue weighted by atomic mass is 10.1. The number of ether oxygens (including phenoxy) is 1. The largest absolute Gasteiger partial charge is 0.379 e. The summed E-state index contributed by atoms with van der Waals surface area (Å²) in [6.07, 6.45) is 3.80. The molecule has 4 heterocycles. The third-order valence-corrected chi connectivity index (χ3v) is 7.11. The quantitative estimate of drug-likeness (QED) is 0.225. The summed E-state index contributed by atoms with van der Waals surface area (Å²) >= 11 is 0. The molecule has 7 nitrogen and oxygen atoms in total. The maximum absolute atomic E-state index is 13.8. The number of aromatic nitrogens is 4. The van der Waals surface area contributed by atoms with Gasteiger partial charge in [0.25, 0.3) is 0 Å². The summed E-state index contributed by atoms with van der Waals surface area (Å²) in [5.74, 6) is 5.61. The van der Waals surface area contributed by atoms with E-state index in [1.807, 2.05) is 48.7 Å². The van der Waals surface area contributed by atoms with E-state index >= 15 is 0 Å². The summed E-state index contributed by atoms with van der Waals surface area (Å²) in [5, 5.41) is 3.41. The van der Waals surface area contributed by atoms with E-state index < -0.39 is 0 Å². The van der Waals surface area contributed by atoms with Crippen LogP contribution in [-0.2, 0) is 11.3 Å². The van der Waals surface area contributed by atoms with Crippen LogP contribution in [0.25, 0.3) is 28.3 Å². The van der Waals surface area contributed by atoms with E-state index in [9.17, 15) is 4.39 Å². The Bertz CT molecular complexity index is 1660. The SMILES string of the molecule is CC#CC.C[C@H](Nc1nccc(-c2c(-c3ccc(F)cc3)nc3cc(CN4CCOCC4)ccn23)n1)c1ccccc1. The minimum absolute atomic E-state index is 0.0351. The molecule has 1 aliphatic heterocycles. The normalized spacial score (nSPS) is 13.9. The van der Waals surface area contributed by atoms with Crippen LogP contribution in [0, 0.1) is 17.7 Å². The van der Waals surface area contributed by atoms with Gasteiger partial charge in [0.15, 0.2) is 0 Å². The Morgan fingerprint density at radius 2 is 1.69 bits per heavy atom. The van der Waals surface area contributed by atoms with Gasteiger partial charge in [-0.2, -0.15) is 0 Å². The van der Waals surface area contributed by atoms with Gasteiger partial charge in [-0.15, -0.1) is 11.8 Å². The van der Waals surface area contributed by atoms with Gasteiger partial charge in [-0.25, -0.2) is 19.3 Å². The maximum atomic E-state index is 13.8. The zero-order valence-corrected chi connectivity index (χ0v) is 24.2. The summed E-state index contributed by atoms with van der Waals surface area (Å²) < 4.78 is 21.3. The average Bonchev–Trinajstić information content (AvgIpc) is 3.41. The molecule has 0 spiro atoms. The molecule has 3 aromatic heterocycles. The number of nitrogens with zero attached hydrogens (tertiary/aromatic N) is 5. The van der Waals surface area contributed by atoms with E-state index in [4.69, 9.17) is 14.7 Å². The molecule has 0 amide bonds. The van der Waals surface area contributed by atoms with Gasteiger partial charge >= 0.3 is 0 Å². The van der Waals surface area contributed by atoms with Crippen molar-refractivity contribution in [2.75, 3.05) is 31.6 Å². The van der Waals surface area contributed by atoms with E-state index in [0.717, 1.165) is 66.7 Å². The molecule has 0 radical (unpaired) electrons. The molecule has 2 aromatic carbocycles. The first-order valence-corrected chi connectivity index (χ1v) is 14.1. The van der Waals surface area contributed by atoms with Crippen LogP contribution in [0.5, 0.6) is 0 Å². The topological polar surface area (TPSA) is 67.6 Å². The highest BCUT2D eigenvalue weighted by atomic mass is 19.1. The highest BCUT2D eigenvalue weighted by Crippen LogP contribution is 2.33. The standard InChI is InChI=1S/C30H29FN6O.C4H6/c1-21(23-5-3-2-4-6-23)33-30-32-13-11-26(34-30)29-28(24-7-9-25(31)10-8-24)35-27-19-22(12-14-37(27)29)20-36-15-17-38-18-16-36;1-3-4-2/h2-14,19,21H,15-18,20H2,1H3,(H,32,33,34);1-2H3/t21-;/m0./s1. The van der Waals surface area contributed by atoms with Gasteiger partial charge in [0.1, 0.15) is 11.5 Å². The molecule has 1 fully saturated rings. The third kappa shape index (κ3) is 7.00. The predicted octanol–water partition coefficient (Wildman–Crippen LogP) is 6.63. The monoisotopic (exact) mass is 562 g/mol. The molecule has 42 heavy (non-hydrogen) atoms. The fraction of sp³-hybridized carbons (Fsp3) is 0.265. The first-order valence-electron chi connectivity index (χ1n) is 14.1. The fourth-order valence-corrected chi connectivity index (χ4v) is 4.84. The van der Waals surface area contributed by atoms with Crippen LogP contribution in [0.2, 0.25) is 0 Å². The Balaban J connectivity index is 0.000000830. The summed E-state index contributed by atoms with van der Waals surface area (Å²) in [6, 6.07) is 22.8. The van der Waals surface area contributed by atoms with E-state index in [-0.39, 0.29) is 11.9 Å². The smallest absolute Gasteiger partial charge is 0.223 e. The maximum Gasteiger partial charge on any atom is 0.223 e. The Kier molecular flexibility index (Phi) is 9.55. The number of anilines is 1. The number of halogens is 1. The molecule has 1 aliphatic rings. The lowest BCUT2D eigenvalue weighted by molar-refractivity contribution is 0.0342. The number of imidazole rings is 1. The first-order chi connectivity index (χ1) is 20.6. The van der Waals surface area contributed by atoms with Gasteiger partial charge in [-0.1, -0.05) is 30.3 Å². The van der Waals surface area contributed by atoms with Crippen molar-refractivity contribution >= 4 is 11.6 Å². The van der Waals surface area contributed by atoms with Crippen molar-refractivity contribution in [2.45, 2.75) is 33.4 Å². The fourth-order valence-electron chi connectivity index (χ4n) is 4.84. The summed E-state index contributed by atoms with van der Waals surface area (Å²) in [6.45, 7) is 9.93. The van der Waals surface area contributed by atoms with Gasteiger partial charge in [0.05, 0.1) is 36.3 Å². The molecular weight excluding hydrogens is 527 g/mol. The Morgan fingerprint density at radius 3 is 2.40 bits per heavy atom. The molecule has 0 unspecified atom stereocenters. The van der Waals surface area contributed by atoms with Crippen LogP contribution in [-0.4, -0.2) is 50.6 Å². The van der Waals surface area contributed by atoms with Crippen LogP contribution in [0.1, 0.15) is 37.9 Å². The van der Waals surface area contributed by atoms with E-state index in [2.05, 4.69) is 58.2 Å². The van der Waals surface area contributed by atoms with Crippen LogP contribution in [0.3, 0.4) is 0 Å². The van der Waals surface area contributed by atoms with Crippen LogP contribution in [0.4, 0.5) is 10.3 Å². The van der Waals surface area contributed by atoms with Gasteiger partial charge in [0.2, 0.25) is 5.95 Å². The van der Waals surface area contributed by atoms with Crippen molar-refractivity contribution in [1.29, 1.82) is 0 Å². The van der Waals surface area contributed by atoms with Crippen molar-refractivity contribution in [3.8, 4) is 34.5 Å². The second kappa shape index (κ2) is 13.9. The zero-order valence-electron chi connectivity index (χ0n) is 24.2. The number of rotatable bonds is 7. The van der Waals surface area contributed by atoms with E-state index in [1.54, 1.807) is 18.3 Å². The molecule has 6 rings (SSSR count). The van der Waals surface area contributed by atoms with Gasteiger partial charge in [0, 0.05) is 37.6 Å². The Labute approximate surface area is 246 Å². The molecule has 0 saturated carbocycles. The van der Waals surface area contributed by atoms with Gasteiger partial charge in [-0.3, -0.25) is 9.30 Å². The van der Waals surface area contributed by atoms with Crippen LogP contribution < -0.4 is 5.32 Å². The highest BCUT2D eigenvalue weighted by molar-refractivity contribution is 5.80. The van der Waals surface area contributed by atoms with E-state index in [0.29, 0.717) is 5.95 Å². The van der Waals surface area contributed by atoms with Crippen molar-refractivity contribution < 1.29 is 9.13 Å². The molecule has 1 saturated heterocycles. The highest BCUT2D eigenvalue weighted by Gasteiger charge is 2.19. The van der Waals surface area contributed by atoms with Gasteiger partial charge in [-0.05, 0) is 74.4 Å². The molecule has 1 atom stereocenters. The number of hydrogen-bond acceptors (Lipinski definition) is 6. The number of hydrogen-bond donors (Lipinski definition) is 1. The van der Waals surface area contributed by atoms with Crippen molar-refractivity contribution in [3.63, 3.8) is 0 Å². The minimum atomic E-state index is -0.282. The number of fused-ring (bicyclic) bond motifs is 1. The second-order valence-electron chi connectivity index (χ2n) is 10.0. The summed E-state index contributed by atoms with van der Waals surface area (Å²) in [7, 11) is 0. The number of pyridine rings is 1. The number of morpholine rings is 1. The molecule has 8 heteroatoms.